The highest BCUT2D eigenvalue weighted by Crippen LogP contribution is 2.51. The molecule has 0 fully saturated rings. The molecule has 0 N–H and O–H groups in total. The summed E-state index contributed by atoms with van der Waals surface area (Å²) in [5, 5.41) is 4.63. The number of hydrogen-bond acceptors (Lipinski definition) is 2. The average Bonchev–Trinajstić information content (AvgIpc) is 3.64. The molecular weight excluding hydrogens is 500 g/mol. The van der Waals surface area contributed by atoms with Gasteiger partial charge in [-0.05, 0) is 93.0 Å². The summed E-state index contributed by atoms with van der Waals surface area (Å²) in [6, 6.07) is 43.6. The van der Waals surface area contributed by atoms with Crippen molar-refractivity contribution in [3.8, 4) is 33.4 Å². The standard InChI is InChI=1S/C39H26O2/c1-39(2)33-15-11-23(25-13-17-37-31(21-25)27-7-3-5-9-35(27)40-37)19-29(33)30-20-24(12-16-34(30)39)26-14-18-38-32(22-26)28-8-4-6-10-36(28)41-38/h3-22H,1-2H3. The van der Waals surface area contributed by atoms with Gasteiger partial charge in [-0.2, -0.15) is 0 Å². The van der Waals surface area contributed by atoms with E-state index in [9.17, 15) is 0 Å². The molecule has 1 aliphatic carbocycles. The molecule has 194 valence electrons. The lowest BCUT2D eigenvalue weighted by Crippen LogP contribution is -2.14. The van der Waals surface area contributed by atoms with Gasteiger partial charge < -0.3 is 8.83 Å². The summed E-state index contributed by atoms with van der Waals surface area (Å²) in [7, 11) is 0. The number of para-hydroxylation sites is 2. The smallest absolute Gasteiger partial charge is 0.135 e. The van der Waals surface area contributed by atoms with Gasteiger partial charge in [0.1, 0.15) is 22.3 Å². The molecule has 0 amide bonds. The monoisotopic (exact) mass is 526 g/mol. The van der Waals surface area contributed by atoms with Crippen molar-refractivity contribution in [1.82, 2.24) is 0 Å². The predicted octanol–water partition coefficient (Wildman–Crippen LogP) is 11.1. The highest BCUT2D eigenvalue weighted by atomic mass is 16.3. The van der Waals surface area contributed by atoms with E-state index in [0.717, 1.165) is 43.9 Å². The Morgan fingerprint density at radius 3 is 1.27 bits per heavy atom. The molecular formula is C39H26O2. The molecule has 2 heteroatoms. The molecule has 6 aromatic carbocycles. The lowest BCUT2D eigenvalue weighted by atomic mass is 9.82. The van der Waals surface area contributed by atoms with Crippen LogP contribution in [0.2, 0.25) is 0 Å². The molecule has 0 atom stereocenters. The molecule has 2 nitrogen and oxygen atoms in total. The third-order valence-corrected chi connectivity index (χ3v) is 9.10. The van der Waals surface area contributed by atoms with E-state index in [1.165, 1.54) is 44.5 Å². The molecule has 0 bridgehead atoms. The fourth-order valence-electron chi connectivity index (χ4n) is 6.94. The Bertz CT molecular complexity index is 2180. The predicted molar refractivity (Wildman–Crippen MR) is 169 cm³/mol. The lowest BCUT2D eigenvalue weighted by molar-refractivity contribution is 0.660. The van der Waals surface area contributed by atoms with E-state index in [1.54, 1.807) is 0 Å². The number of benzene rings is 6. The zero-order chi connectivity index (χ0) is 27.3. The lowest BCUT2D eigenvalue weighted by Gasteiger charge is -2.21. The molecule has 0 unspecified atom stereocenters. The Morgan fingerprint density at radius 2 is 0.780 bits per heavy atom. The van der Waals surface area contributed by atoms with Gasteiger partial charge in [-0.25, -0.2) is 0 Å². The molecule has 41 heavy (non-hydrogen) atoms. The molecule has 0 radical (unpaired) electrons. The van der Waals surface area contributed by atoms with Gasteiger partial charge in [0.2, 0.25) is 0 Å². The first-order valence-electron chi connectivity index (χ1n) is 14.2. The zero-order valence-electron chi connectivity index (χ0n) is 22.9. The van der Waals surface area contributed by atoms with Crippen LogP contribution in [0.3, 0.4) is 0 Å². The van der Waals surface area contributed by atoms with E-state index < -0.39 is 0 Å². The Kier molecular flexibility index (Phi) is 4.42. The Labute approximate surface area is 237 Å². The Hall–Kier alpha value is -5.08. The fourth-order valence-corrected chi connectivity index (χ4v) is 6.94. The van der Waals surface area contributed by atoms with Crippen molar-refractivity contribution in [3.05, 3.63) is 132 Å². The van der Waals surface area contributed by atoms with E-state index >= 15 is 0 Å². The van der Waals surface area contributed by atoms with Crippen LogP contribution in [0.5, 0.6) is 0 Å². The largest absolute Gasteiger partial charge is 0.456 e. The summed E-state index contributed by atoms with van der Waals surface area (Å²) in [6.07, 6.45) is 0. The molecule has 8 aromatic rings. The van der Waals surface area contributed by atoms with Crippen LogP contribution in [0.4, 0.5) is 0 Å². The van der Waals surface area contributed by atoms with Crippen LogP contribution in [0.15, 0.2) is 130 Å². The fraction of sp³-hybridized carbons (Fsp3) is 0.0769. The van der Waals surface area contributed by atoms with E-state index in [0.29, 0.717) is 0 Å². The van der Waals surface area contributed by atoms with Crippen LogP contribution >= 0.6 is 0 Å². The van der Waals surface area contributed by atoms with Crippen molar-refractivity contribution < 1.29 is 8.83 Å². The minimum atomic E-state index is -0.0584. The van der Waals surface area contributed by atoms with Crippen LogP contribution < -0.4 is 0 Å². The highest BCUT2D eigenvalue weighted by molar-refractivity contribution is 6.07. The summed E-state index contributed by atoms with van der Waals surface area (Å²) >= 11 is 0. The zero-order valence-corrected chi connectivity index (χ0v) is 22.9. The maximum atomic E-state index is 6.09. The van der Waals surface area contributed by atoms with Gasteiger partial charge in [0.05, 0.1) is 0 Å². The number of fused-ring (bicyclic) bond motifs is 9. The summed E-state index contributed by atoms with van der Waals surface area (Å²) in [5.74, 6) is 0. The third kappa shape index (κ3) is 3.19. The van der Waals surface area contributed by atoms with Crippen LogP contribution in [0.25, 0.3) is 77.3 Å². The Balaban J connectivity index is 1.19. The molecule has 0 saturated heterocycles. The van der Waals surface area contributed by atoms with Gasteiger partial charge >= 0.3 is 0 Å². The quantitative estimate of drug-likeness (QED) is 0.224. The SMILES string of the molecule is CC1(C)c2ccc(-c3ccc4oc5ccccc5c4c3)cc2-c2cc(-c3ccc4oc5ccccc5c4c3)ccc21. The molecule has 9 rings (SSSR count). The normalized spacial score (nSPS) is 13.8. The molecule has 1 aliphatic rings. The summed E-state index contributed by atoms with van der Waals surface area (Å²) in [4.78, 5) is 0. The molecule has 0 aliphatic heterocycles. The minimum Gasteiger partial charge on any atom is -0.456 e. The van der Waals surface area contributed by atoms with Gasteiger partial charge in [0, 0.05) is 27.0 Å². The second-order valence-corrected chi connectivity index (χ2v) is 11.8. The van der Waals surface area contributed by atoms with E-state index in [2.05, 4.69) is 111 Å². The van der Waals surface area contributed by atoms with Crippen molar-refractivity contribution in [1.29, 1.82) is 0 Å². The van der Waals surface area contributed by atoms with Gasteiger partial charge in [-0.3, -0.25) is 0 Å². The van der Waals surface area contributed by atoms with E-state index in [1.807, 2.05) is 24.3 Å². The number of rotatable bonds is 2. The van der Waals surface area contributed by atoms with Crippen LogP contribution in [-0.2, 0) is 5.41 Å². The van der Waals surface area contributed by atoms with Gasteiger partial charge in [-0.15, -0.1) is 0 Å². The molecule has 2 aromatic heterocycles. The van der Waals surface area contributed by atoms with Gasteiger partial charge in [-0.1, -0.05) is 86.6 Å². The topological polar surface area (TPSA) is 26.3 Å². The van der Waals surface area contributed by atoms with Crippen LogP contribution in [0.1, 0.15) is 25.0 Å². The van der Waals surface area contributed by atoms with Crippen molar-refractivity contribution in [2.75, 3.05) is 0 Å². The van der Waals surface area contributed by atoms with Crippen molar-refractivity contribution in [2.45, 2.75) is 19.3 Å². The second kappa shape index (κ2) is 7.99. The molecule has 0 spiro atoms. The molecule has 2 heterocycles. The molecule has 0 saturated carbocycles. The van der Waals surface area contributed by atoms with Gasteiger partial charge in [0.25, 0.3) is 0 Å². The Morgan fingerprint density at radius 1 is 0.390 bits per heavy atom. The van der Waals surface area contributed by atoms with Crippen molar-refractivity contribution >= 4 is 43.9 Å². The average molecular weight is 527 g/mol. The summed E-state index contributed by atoms with van der Waals surface area (Å²) < 4.78 is 12.2. The van der Waals surface area contributed by atoms with Crippen LogP contribution in [0, 0.1) is 0 Å². The second-order valence-electron chi connectivity index (χ2n) is 11.8. The first kappa shape index (κ1) is 22.7. The van der Waals surface area contributed by atoms with Crippen molar-refractivity contribution in [2.24, 2.45) is 0 Å². The van der Waals surface area contributed by atoms with E-state index in [-0.39, 0.29) is 5.41 Å². The summed E-state index contributed by atoms with van der Waals surface area (Å²) in [5.41, 5.74) is 13.9. The number of furan rings is 2. The number of hydrogen-bond donors (Lipinski definition) is 0. The van der Waals surface area contributed by atoms with Crippen molar-refractivity contribution in [3.63, 3.8) is 0 Å². The maximum absolute atomic E-state index is 6.09. The van der Waals surface area contributed by atoms with Crippen LogP contribution in [-0.4, -0.2) is 0 Å². The summed E-state index contributed by atoms with van der Waals surface area (Å²) in [6.45, 7) is 4.68. The first-order chi connectivity index (χ1) is 20.0. The van der Waals surface area contributed by atoms with Gasteiger partial charge in [0.15, 0.2) is 0 Å². The third-order valence-electron chi connectivity index (χ3n) is 9.10. The van der Waals surface area contributed by atoms with E-state index in [4.69, 9.17) is 8.83 Å². The minimum absolute atomic E-state index is 0.0584. The highest BCUT2D eigenvalue weighted by Gasteiger charge is 2.35. The maximum Gasteiger partial charge on any atom is 0.135 e. The first-order valence-corrected chi connectivity index (χ1v) is 14.2.